The SMILES string of the molecule is COc1ccc(-c2cc(-c3ccccc3)c(-c3scc[n+]3C)c(-c3ccccc3)c2)cc1.[O-][Cl+3]([O-])([O-])[O-]. The van der Waals surface area contributed by atoms with Crippen LogP contribution in [0.1, 0.15) is 0 Å². The molecule has 0 amide bonds. The Labute approximate surface area is 221 Å². The number of aromatic nitrogens is 1. The van der Waals surface area contributed by atoms with Gasteiger partial charge < -0.3 is 4.74 Å². The molecule has 0 aliphatic carbocycles. The van der Waals surface area contributed by atoms with Crippen molar-refractivity contribution in [3.63, 3.8) is 0 Å². The van der Waals surface area contributed by atoms with E-state index in [0.29, 0.717) is 0 Å². The van der Waals surface area contributed by atoms with Crippen LogP contribution in [0.5, 0.6) is 5.75 Å². The number of ether oxygens (including phenoxy) is 1. The molecule has 37 heavy (non-hydrogen) atoms. The quantitative estimate of drug-likeness (QED) is 0.323. The number of rotatable bonds is 5. The van der Waals surface area contributed by atoms with Crippen molar-refractivity contribution < 1.29 is 38.2 Å². The summed E-state index contributed by atoms with van der Waals surface area (Å²) in [5.41, 5.74) is 8.51. The van der Waals surface area contributed by atoms with Gasteiger partial charge in [0.25, 0.3) is 5.01 Å². The van der Waals surface area contributed by atoms with Gasteiger partial charge in [-0.15, -0.1) is 10.2 Å². The Hall–Kier alpha value is -3.56. The van der Waals surface area contributed by atoms with E-state index in [1.165, 1.54) is 44.0 Å². The molecule has 0 atom stereocenters. The third kappa shape index (κ3) is 6.81. The maximum Gasteiger partial charge on any atom is 0.270 e. The minimum absolute atomic E-state index is 0.863. The molecule has 4 aromatic carbocycles. The Morgan fingerprint density at radius 3 is 1.57 bits per heavy atom. The number of hydrogen-bond donors (Lipinski definition) is 0. The molecule has 0 aliphatic heterocycles. The average molecular weight is 534 g/mol. The topological polar surface area (TPSA) is 105 Å². The molecule has 5 aromatic rings. The van der Waals surface area contributed by atoms with Crippen LogP contribution in [0.3, 0.4) is 0 Å². The standard InChI is InChI=1S/C29H24NOS.ClHO4/c1-30-17-18-32-29(30)28-26(22-9-5-3-6-10-22)19-24(21-13-15-25(31-2)16-14-21)20-27(28)23-11-7-4-8-12-23;2-1(3,4)5/h3-20H,1-2H3;(H,2,3,4,5)/q+1;/p-1. The molecule has 188 valence electrons. The molecule has 0 spiro atoms. The van der Waals surface area contributed by atoms with Crippen molar-refractivity contribution in [1.82, 2.24) is 0 Å². The van der Waals surface area contributed by atoms with Gasteiger partial charge in [0.05, 0.1) is 18.1 Å². The lowest BCUT2D eigenvalue weighted by Gasteiger charge is -2.17. The van der Waals surface area contributed by atoms with Gasteiger partial charge in [-0.2, -0.15) is 4.57 Å². The minimum atomic E-state index is -4.94. The summed E-state index contributed by atoms with van der Waals surface area (Å²) in [6, 6.07) is 34.3. The van der Waals surface area contributed by atoms with Crippen molar-refractivity contribution >= 4 is 11.3 Å². The van der Waals surface area contributed by atoms with Crippen LogP contribution in [0, 0.1) is 10.2 Å². The fourth-order valence-electron chi connectivity index (χ4n) is 4.09. The fourth-order valence-corrected chi connectivity index (χ4v) is 5.02. The van der Waals surface area contributed by atoms with Crippen LogP contribution in [-0.2, 0) is 7.05 Å². The first-order valence-corrected chi connectivity index (χ1v) is 13.3. The monoisotopic (exact) mass is 533 g/mol. The van der Waals surface area contributed by atoms with Crippen LogP contribution < -0.4 is 27.9 Å². The molecule has 0 unspecified atom stereocenters. The number of benzene rings is 4. The van der Waals surface area contributed by atoms with E-state index in [9.17, 15) is 0 Å². The fraction of sp³-hybridized carbons (Fsp3) is 0.0690. The molecule has 0 fully saturated rings. The van der Waals surface area contributed by atoms with Crippen molar-refractivity contribution in [2.75, 3.05) is 7.11 Å². The third-order valence-electron chi connectivity index (χ3n) is 5.73. The molecule has 0 saturated carbocycles. The van der Waals surface area contributed by atoms with E-state index in [1.54, 1.807) is 18.4 Å². The molecule has 0 bridgehead atoms. The summed E-state index contributed by atoms with van der Waals surface area (Å²) in [4.78, 5) is 0. The summed E-state index contributed by atoms with van der Waals surface area (Å²) in [6.45, 7) is 0. The number of aryl methyl sites for hydroxylation is 1. The molecule has 0 saturated heterocycles. The summed E-state index contributed by atoms with van der Waals surface area (Å²) < 4.78 is 41.6. The molecule has 6 nitrogen and oxygen atoms in total. The maximum atomic E-state index is 8.49. The molecule has 0 radical (unpaired) electrons. The van der Waals surface area contributed by atoms with Crippen molar-refractivity contribution in [1.29, 1.82) is 0 Å². The highest BCUT2D eigenvalue weighted by Gasteiger charge is 2.23. The minimum Gasteiger partial charge on any atom is -0.497 e. The molecule has 8 heteroatoms. The van der Waals surface area contributed by atoms with Crippen molar-refractivity contribution in [3.05, 3.63) is 109 Å². The van der Waals surface area contributed by atoms with E-state index in [-0.39, 0.29) is 0 Å². The Balaban J connectivity index is 0.000000586. The second-order valence-electron chi connectivity index (χ2n) is 8.10. The second kappa shape index (κ2) is 11.7. The van der Waals surface area contributed by atoms with Crippen molar-refractivity contribution in [2.45, 2.75) is 0 Å². The molecule has 0 N–H and O–H groups in total. The number of halogens is 1. The van der Waals surface area contributed by atoms with Gasteiger partial charge in [-0.1, -0.05) is 84.1 Å². The van der Waals surface area contributed by atoms with Crippen LogP contribution >= 0.6 is 11.3 Å². The van der Waals surface area contributed by atoms with Gasteiger partial charge in [-0.25, -0.2) is 18.6 Å². The number of thiazole rings is 1. The lowest BCUT2D eigenvalue weighted by Crippen LogP contribution is -2.68. The molecule has 5 rings (SSSR count). The van der Waals surface area contributed by atoms with Crippen molar-refractivity contribution in [2.24, 2.45) is 7.05 Å². The highest BCUT2D eigenvalue weighted by Crippen LogP contribution is 2.43. The van der Waals surface area contributed by atoms with Gasteiger partial charge >= 0.3 is 0 Å². The largest absolute Gasteiger partial charge is 0.497 e. The normalized spacial score (nSPS) is 11.0. The Bertz CT molecular complexity index is 1380. The summed E-state index contributed by atoms with van der Waals surface area (Å²) in [5, 5.41) is 3.39. The van der Waals surface area contributed by atoms with Gasteiger partial charge in [-0.3, -0.25) is 0 Å². The van der Waals surface area contributed by atoms with Crippen LogP contribution in [0.25, 0.3) is 44.0 Å². The maximum absolute atomic E-state index is 8.49. The first kappa shape index (κ1) is 26.5. The lowest BCUT2D eigenvalue weighted by atomic mass is 9.88. The molecular formula is C29H24ClNO5S. The predicted octanol–water partition coefficient (Wildman–Crippen LogP) is 2.49. The van der Waals surface area contributed by atoms with E-state index in [4.69, 9.17) is 23.4 Å². The van der Waals surface area contributed by atoms with Gasteiger partial charge in [-0.05, 0) is 57.6 Å². The summed E-state index contributed by atoms with van der Waals surface area (Å²) in [6.07, 6.45) is 2.13. The van der Waals surface area contributed by atoms with Crippen LogP contribution in [0.15, 0.2) is 109 Å². The summed E-state index contributed by atoms with van der Waals surface area (Å²) in [5.74, 6) is 0.863. The zero-order valence-corrected chi connectivity index (χ0v) is 21.7. The smallest absolute Gasteiger partial charge is 0.270 e. The van der Waals surface area contributed by atoms with Crippen LogP contribution in [0.4, 0.5) is 0 Å². The highest BCUT2D eigenvalue weighted by atomic mass is 35.7. The van der Waals surface area contributed by atoms with E-state index < -0.39 is 10.2 Å². The molecular weight excluding hydrogens is 510 g/mol. The number of methoxy groups -OCH3 is 1. The number of hydrogen-bond acceptors (Lipinski definition) is 6. The lowest BCUT2D eigenvalue weighted by molar-refractivity contribution is -2.00. The van der Waals surface area contributed by atoms with Gasteiger partial charge in [0.2, 0.25) is 0 Å². The predicted molar refractivity (Wildman–Crippen MR) is 134 cm³/mol. The van der Waals surface area contributed by atoms with Crippen LogP contribution in [-0.4, -0.2) is 7.11 Å². The van der Waals surface area contributed by atoms with E-state index >= 15 is 0 Å². The Morgan fingerprint density at radius 1 is 0.676 bits per heavy atom. The van der Waals surface area contributed by atoms with E-state index in [0.717, 1.165) is 5.75 Å². The third-order valence-corrected chi connectivity index (χ3v) is 6.70. The van der Waals surface area contributed by atoms with Crippen molar-refractivity contribution in [3.8, 4) is 49.7 Å². The zero-order chi connectivity index (χ0) is 26.4. The van der Waals surface area contributed by atoms with E-state index in [1.807, 2.05) is 12.1 Å². The first-order valence-electron chi connectivity index (χ1n) is 11.2. The van der Waals surface area contributed by atoms with Crippen LogP contribution in [0.2, 0.25) is 0 Å². The second-order valence-corrected chi connectivity index (χ2v) is 9.75. The first-order chi connectivity index (χ1) is 17.7. The van der Waals surface area contributed by atoms with Gasteiger partial charge in [0, 0.05) is 0 Å². The van der Waals surface area contributed by atoms with Gasteiger partial charge in [0.1, 0.15) is 12.8 Å². The zero-order valence-electron chi connectivity index (χ0n) is 20.2. The number of nitrogens with zero attached hydrogens (tertiary/aromatic N) is 1. The molecule has 0 aliphatic rings. The Morgan fingerprint density at radius 2 is 1.16 bits per heavy atom. The van der Waals surface area contributed by atoms with Gasteiger partial charge in [0.15, 0.2) is 6.20 Å². The van der Waals surface area contributed by atoms with E-state index in [2.05, 4.69) is 108 Å². The average Bonchev–Trinajstić information content (AvgIpc) is 3.33. The summed E-state index contributed by atoms with van der Waals surface area (Å²) in [7, 11) is -1.13. The molecule has 1 heterocycles. The Kier molecular flexibility index (Phi) is 8.35. The molecule has 1 aromatic heterocycles. The highest BCUT2D eigenvalue weighted by molar-refractivity contribution is 7.12. The summed E-state index contributed by atoms with van der Waals surface area (Å²) >= 11 is 1.77.